The lowest BCUT2D eigenvalue weighted by atomic mass is 9.99. The van der Waals surface area contributed by atoms with Crippen LogP contribution in [-0.2, 0) is 15.6 Å². The number of aryl methyl sites for hydroxylation is 1. The van der Waals surface area contributed by atoms with Crippen LogP contribution >= 0.6 is 12.4 Å². The molecule has 0 atom stereocenters. The molecule has 2 N–H and O–H groups in total. The highest BCUT2D eigenvalue weighted by molar-refractivity contribution is 7.90. The van der Waals surface area contributed by atoms with Gasteiger partial charge in [0.15, 0.2) is 5.82 Å². The molecule has 3 aromatic rings. The molecule has 144 valence electrons. The van der Waals surface area contributed by atoms with Crippen molar-refractivity contribution in [2.75, 3.05) is 0 Å². The molecule has 0 saturated heterocycles. The summed E-state index contributed by atoms with van der Waals surface area (Å²) in [6, 6.07) is 8.36. The van der Waals surface area contributed by atoms with Gasteiger partial charge < -0.3 is 10.3 Å². The number of aromatic nitrogens is 3. The minimum atomic E-state index is -3.66. The van der Waals surface area contributed by atoms with E-state index in [1.165, 1.54) is 12.4 Å². The Labute approximate surface area is 164 Å². The SMILES string of the molecule is Cc1ccc(S(=O)(=O)n2ccc(-c3nc(C4(N)CCCC4)no3)c2)cc1.Cl. The van der Waals surface area contributed by atoms with Gasteiger partial charge in [-0.2, -0.15) is 4.98 Å². The fraction of sp³-hybridized carbons (Fsp3) is 0.333. The number of hydrogen-bond acceptors (Lipinski definition) is 6. The van der Waals surface area contributed by atoms with Crippen LogP contribution in [0.1, 0.15) is 37.1 Å². The lowest BCUT2D eigenvalue weighted by molar-refractivity contribution is 0.372. The van der Waals surface area contributed by atoms with Gasteiger partial charge in [0, 0.05) is 12.4 Å². The fourth-order valence-corrected chi connectivity index (χ4v) is 4.45. The van der Waals surface area contributed by atoms with Crippen LogP contribution in [0.4, 0.5) is 0 Å². The first-order valence-electron chi connectivity index (χ1n) is 8.52. The average Bonchev–Trinajstić information content (AvgIpc) is 3.35. The molecule has 0 bridgehead atoms. The molecule has 1 aromatic carbocycles. The summed E-state index contributed by atoms with van der Waals surface area (Å²) < 4.78 is 31.9. The lowest BCUT2D eigenvalue weighted by Crippen LogP contribution is -2.34. The summed E-state index contributed by atoms with van der Waals surface area (Å²) in [4.78, 5) is 4.63. The third kappa shape index (κ3) is 3.52. The molecule has 27 heavy (non-hydrogen) atoms. The summed E-state index contributed by atoms with van der Waals surface area (Å²) in [5.41, 5.74) is 7.35. The monoisotopic (exact) mass is 408 g/mol. The number of nitrogens with zero attached hydrogens (tertiary/aromatic N) is 3. The Morgan fingerprint density at radius 1 is 1.15 bits per heavy atom. The molecule has 1 fully saturated rings. The van der Waals surface area contributed by atoms with Gasteiger partial charge in [-0.3, -0.25) is 0 Å². The van der Waals surface area contributed by atoms with Crippen molar-refractivity contribution in [3.8, 4) is 11.5 Å². The molecule has 9 heteroatoms. The number of halogens is 1. The van der Waals surface area contributed by atoms with Crippen LogP contribution in [0.25, 0.3) is 11.5 Å². The van der Waals surface area contributed by atoms with Crippen LogP contribution in [0.2, 0.25) is 0 Å². The molecular weight excluding hydrogens is 388 g/mol. The fourth-order valence-electron chi connectivity index (χ4n) is 3.26. The van der Waals surface area contributed by atoms with E-state index in [1.54, 1.807) is 30.3 Å². The molecule has 1 aliphatic rings. The summed E-state index contributed by atoms with van der Waals surface area (Å²) >= 11 is 0. The van der Waals surface area contributed by atoms with Gasteiger partial charge in [0.2, 0.25) is 0 Å². The first kappa shape index (κ1) is 19.6. The van der Waals surface area contributed by atoms with Crippen LogP contribution in [0.3, 0.4) is 0 Å². The average molecular weight is 409 g/mol. The highest BCUT2D eigenvalue weighted by Crippen LogP contribution is 2.35. The van der Waals surface area contributed by atoms with Crippen molar-refractivity contribution in [1.82, 2.24) is 14.1 Å². The molecule has 1 aliphatic carbocycles. The van der Waals surface area contributed by atoms with E-state index in [4.69, 9.17) is 10.3 Å². The number of benzene rings is 1. The molecule has 2 aromatic heterocycles. The highest BCUT2D eigenvalue weighted by atomic mass is 35.5. The minimum Gasteiger partial charge on any atom is -0.334 e. The van der Waals surface area contributed by atoms with Crippen LogP contribution in [0.15, 0.2) is 52.1 Å². The molecule has 7 nitrogen and oxygen atoms in total. The summed E-state index contributed by atoms with van der Waals surface area (Å²) in [5.74, 6) is 0.758. The first-order chi connectivity index (χ1) is 12.4. The van der Waals surface area contributed by atoms with Gasteiger partial charge in [0.05, 0.1) is 16.0 Å². The van der Waals surface area contributed by atoms with Crippen molar-refractivity contribution in [3.63, 3.8) is 0 Å². The quantitative estimate of drug-likeness (QED) is 0.710. The Morgan fingerprint density at radius 3 is 2.48 bits per heavy atom. The maximum absolute atomic E-state index is 12.7. The van der Waals surface area contributed by atoms with Crippen molar-refractivity contribution < 1.29 is 12.9 Å². The number of nitrogens with two attached hydrogens (primary N) is 1. The van der Waals surface area contributed by atoms with Gasteiger partial charge >= 0.3 is 0 Å². The Morgan fingerprint density at radius 2 is 1.81 bits per heavy atom. The lowest BCUT2D eigenvalue weighted by Gasteiger charge is -2.17. The summed E-state index contributed by atoms with van der Waals surface area (Å²) in [7, 11) is -3.66. The predicted octanol–water partition coefficient (Wildman–Crippen LogP) is 3.23. The standard InChI is InChI=1S/C18H20N4O3S.ClH/c1-13-4-6-15(7-5-13)26(23,24)22-11-8-14(12-22)16-20-17(21-25-16)18(19)9-2-3-10-18;/h4-8,11-12H,2-3,9-10,19H2,1H3;1H. The van der Waals surface area contributed by atoms with E-state index in [-0.39, 0.29) is 23.2 Å². The molecule has 0 aliphatic heterocycles. The van der Waals surface area contributed by atoms with E-state index in [0.717, 1.165) is 35.2 Å². The van der Waals surface area contributed by atoms with Crippen molar-refractivity contribution in [2.45, 2.75) is 43.0 Å². The third-order valence-electron chi connectivity index (χ3n) is 4.88. The molecule has 0 unspecified atom stereocenters. The molecule has 0 spiro atoms. The summed E-state index contributed by atoms with van der Waals surface area (Å²) in [5, 5.41) is 4.02. The third-order valence-corrected chi connectivity index (χ3v) is 6.53. The summed E-state index contributed by atoms with van der Waals surface area (Å²) in [6.07, 6.45) is 6.70. The van der Waals surface area contributed by atoms with Gasteiger partial charge in [-0.1, -0.05) is 35.7 Å². The molecular formula is C18H21ClN4O3S. The zero-order chi connectivity index (χ0) is 18.4. The maximum atomic E-state index is 12.7. The van der Waals surface area contributed by atoms with Crippen molar-refractivity contribution in [2.24, 2.45) is 5.73 Å². The Kier molecular flexibility index (Phi) is 5.16. The van der Waals surface area contributed by atoms with Crippen LogP contribution < -0.4 is 5.73 Å². The van der Waals surface area contributed by atoms with Gasteiger partial charge in [-0.05, 0) is 38.0 Å². The zero-order valence-corrected chi connectivity index (χ0v) is 16.5. The van der Waals surface area contributed by atoms with E-state index in [0.29, 0.717) is 11.4 Å². The Hall–Kier alpha value is -2.16. The summed E-state index contributed by atoms with van der Waals surface area (Å²) in [6.45, 7) is 1.91. The Bertz CT molecular complexity index is 1030. The number of rotatable bonds is 4. The second-order valence-electron chi connectivity index (χ2n) is 6.83. The van der Waals surface area contributed by atoms with Gasteiger partial charge in [-0.15, -0.1) is 12.4 Å². The van der Waals surface area contributed by atoms with E-state index in [9.17, 15) is 8.42 Å². The van der Waals surface area contributed by atoms with Crippen LogP contribution in [0, 0.1) is 6.92 Å². The minimum absolute atomic E-state index is 0. The second kappa shape index (κ2) is 7.10. The van der Waals surface area contributed by atoms with Gasteiger partial charge in [-0.25, -0.2) is 12.4 Å². The molecule has 2 heterocycles. The van der Waals surface area contributed by atoms with E-state index < -0.39 is 15.6 Å². The molecule has 1 saturated carbocycles. The highest BCUT2D eigenvalue weighted by Gasteiger charge is 2.36. The van der Waals surface area contributed by atoms with Crippen LogP contribution in [0.5, 0.6) is 0 Å². The molecule has 0 radical (unpaired) electrons. The van der Waals surface area contributed by atoms with E-state index in [1.807, 2.05) is 6.92 Å². The van der Waals surface area contributed by atoms with Crippen molar-refractivity contribution in [1.29, 1.82) is 0 Å². The van der Waals surface area contributed by atoms with Gasteiger partial charge in [0.25, 0.3) is 15.9 Å². The smallest absolute Gasteiger partial charge is 0.267 e. The van der Waals surface area contributed by atoms with Crippen molar-refractivity contribution >= 4 is 22.4 Å². The van der Waals surface area contributed by atoms with Gasteiger partial charge in [0.1, 0.15) is 0 Å². The molecule has 4 rings (SSSR count). The van der Waals surface area contributed by atoms with E-state index in [2.05, 4.69) is 10.1 Å². The zero-order valence-electron chi connectivity index (χ0n) is 14.8. The van der Waals surface area contributed by atoms with Crippen LogP contribution in [-0.4, -0.2) is 22.5 Å². The normalized spacial score (nSPS) is 16.2. The van der Waals surface area contributed by atoms with E-state index >= 15 is 0 Å². The topological polar surface area (TPSA) is 104 Å². The molecule has 0 amide bonds. The Balaban J connectivity index is 0.00000210. The first-order valence-corrected chi connectivity index (χ1v) is 9.96. The predicted molar refractivity (Wildman–Crippen MR) is 103 cm³/mol. The number of hydrogen-bond donors (Lipinski definition) is 1. The maximum Gasteiger partial charge on any atom is 0.267 e. The second-order valence-corrected chi connectivity index (χ2v) is 8.68. The van der Waals surface area contributed by atoms with Crippen molar-refractivity contribution in [3.05, 3.63) is 54.1 Å². The largest absolute Gasteiger partial charge is 0.334 e.